The average molecular weight is 292 g/mol. The Kier molecular flexibility index (Phi) is 3.28. The van der Waals surface area contributed by atoms with Gasteiger partial charge in [-0.25, -0.2) is 0 Å². The fourth-order valence-electron chi connectivity index (χ4n) is 2.83. The quantitative estimate of drug-likeness (QED) is 0.701. The highest BCUT2D eigenvalue weighted by molar-refractivity contribution is 6.28. The van der Waals surface area contributed by atoms with Crippen molar-refractivity contribution in [3.8, 4) is 0 Å². The lowest BCUT2D eigenvalue weighted by atomic mass is 9.73. The number of hydrogen-bond acceptors (Lipinski definition) is 2. The number of benzene rings is 2. The highest BCUT2D eigenvalue weighted by Gasteiger charge is 2.32. The van der Waals surface area contributed by atoms with Crippen molar-refractivity contribution < 1.29 is 9.59 Å². The van der Waals surface area contributed by atoms with Crippen LogP contribution in [0.2, 0.25) is 0 Å². The normalized spacial score (nSPS) is 14.0. The number of rotatable bonds is 2. The lowest BCUT2D eigenvalue weighted by molar-refractivity contribution is 0.0979. The molecule has 0 atom stereocenters. The van der Waals surface area contributed by atoms with Gasteiger partial charge in [-0.2, -0.15) is 0 Å². The molecule has 0 radical (unpaired) electrons. The minimum Gasteiger partial charge on any atom is -0.289 e. The minimum absolute atomic E-state index is 0.0463. The van der Waals surface area contributed by atoms with Gasteiger partial charge < -0.3 is 0 Å². The Morgan fingerprint density at radius 3 is 1.82 bits per heavy atom. The van der Waals surface area contributed by atoms with Crippen molar-refractivity contribution in [2.75, 3.05) is 0 Å². The van der Waals surface area contributed by atoms with Crippen LogP contribution in [-0.2, 0) is 5.41 Å². The van der Waals surface area contributed by atoms with Crippen molar-refractivity contribution in [2.45, 2.75) is 33.1 Å². The summed E-state index contributed by atoms with van der Waals surface area (Å²) in [5.41, 5.74) is 3.13. The molecule has 0 heterocycles. The summed E-state index contributed by atoms with van der Waals surface area (Å²) in [6.45, 7) is 8.67. The topological polar surface area (TPSA) is 34.1 Å². The maximum Gasteiger partial charge on any atom is 0.194 e. The van der Waals surface area contributed by atoms with E-state index >= 15 is 0 Å². The molecule has 1 aliphatic carbocycles. The number of hydrogen-bond donors (Lipinski definition) is 0. The van der Waals surface area contributed by atoms with E-state index in [9.17, 15) is 9.59 Å². The summed E-state index contributed by atoms with van der Waals surface area (Å²) in [5, 5.41) is 0. The van der Waals surface area contributed by atoms with Gasteiger partial charge >= 0.3 is 0 Å². The van der Waals surface area contributed by atoms with Crippen molar-refractivity contribution in [3.63, 3.8) is 0 Å². The predicted molar refractivity (Wildman–Crippen MR) is 87.6 cm³/mol. The highest BCUT2D eigenvalue weighted by Crippen LogP contribution is 2.35. The summed E-state index contributed by atoms with van der Waals surface area (Å²) in [6.07, 6.45) is 0. The van der Waals surface area contributed by atoms with E-state index in [1.807, 2.05) is 18.2 Å². The first-order valence-electron chi connectivity index (χ1n) is 7.67. The highest BCUT2D eigenvalue weighted by atomic mass is 16.1. The molecule has 0 aromatic heterocycles. The van der Waals surface area contributed by atoms with Crippen molar-refractivity contribution in [1.82, 2.24) is 0 Å². The minimum atomic E-state index is -0.0564. The third-order valence-corrected chi connectivity index (χ3v) is 5.11. The average Bonchev–Trinajstić information content (AvgIpc) is 2.52. The first-order valence-corrected chi connectivity index (χ1v) is 7.67. The van der Waals surface area contributed by atoms with Crippen LogP contribution in [0.15, 0.2) is 42.5 Å². The van der Waals surface area contributed by atoms with Crippen LogP contribution in [0.4, 0.5) is 0 Å². The van der Waals surface area contributed by atoms with Gasteiger partial charge in [0.1, 0.15) is 0 Å². The summed E-state index contributed by atoms with van der Waals surface area (Å²) >= 11 is 0. The zero-order valence-corrected chi connectivity index (χ0v) is 13.4. The second-order valence-electron chi connectivity index (χ2n) is 6.84. The Morgan fingerprint density at radius 2 is 1.27 bits per heavy atom. The maximum atomic E-state index is 12.8. The van der Waals surface area contributed by atoms with Crippen molar-refractivity contribution in [2.24, 2.45) is 5.92 Å². The number of ketones is 2. The summed E-state index contributed by atoms with van der Waals surface area (Å²) < 4.78 is 0. The monoisotopic (exact) mass is 292 g/mol. The van der Waals surface area contributed by atoms with Gasteiger partial charge in [-0.05, 0) is 29.0 Å². The van der Waals surface area contributed by atoms with Gasteiger partial charge in [-0.1, -0.05) is 58.0 Å². The smallest absolute Gasteiger partial charge is 0.194 e. The molecular formula is C20H20O2. The zero-order valence-electron chi connectivity index (χ0n) is 13.4. The summed E-state index contributed by atoms with van der Waals surface area (Å²) in [7, 11) is 0. The molecule has 0 unspecified atom stereocenters. The van der Waals surface area contributed by atoms with Crippen LogP contribution in [0, 0.1) is 5.92 Å². The molecule has 0 bridgehead atoms. The molecule has 0 amide bonds. The van der Waals surface area contributed by atoms with E-state index in [1.54, 1.807) is 24.3 Å². The van der Waals surface area contributed by atoms with Crippen molar-refractivity contribution in [3.05, 3.63) is 70.3 Å². The summed E-state index contributed by atoms with van der Waals surface area (Å²) in [4.78, 5) is 25.3. The second-order valence-corrected chi connectivity index (χ2v) is 6.84. The molecule has 0 fully saturated rings. The molecule has 2 nitrogen and oxygen atoms in total. The van der Waals surface area contributed by atoms with E-state index in [4.69, 9.17) is 0 Å². The predicted octanol–water partition coefficient (Wildman–Crippen LogP) is 4.40. The van der Waals surface area contributed by atoms with Gasteiger partial charge in [0, 0.05) is 22.3 Å². The Hall–Kier alpha value is -2.22. The van der Waals surface area contributed by atoms with Gasteiger partial charge in [0.05, 0.1) is 0 Å². The molecule has 112 valence electrons. The molecular weight excluding hydrogens is 272 g/mol. The standard InChI is InChI=1S/C20H20O2/c1-12(2)20(3,4)13-9-10-16-17(11-13)19(22)15-8-6-5-7-14(15)18(16)21/h5-12H,1-4H3. The molecule has 3 rings (SSSR count). The molecule has 2 aromatic carbocycles. The lowest BCUT2D eigenvalue weighted by Gasteiger charge is -2.31. The molecule has 0 spiro atoms. The largest absolute Gasteiger partial charge is 0.289 e. The second kappa shape index (κ2) is 4.91. The van der Waals surface area contributed by atoms with Gasteiger partial charge in [0.15, 0.2) is 11.6 Å². The van der Waals surface area contributed by atoms with Crippen LogP contribution in [0.25, 0.3) is 0 Å². The first kappa shape index (κ1) is 14.7. The molecule has 0 N–H and O–H groups in total. The van der Waals surface area contributed by atoms with E-state index in [2.05, 4.69) is 27.7 Å². The third kappa shape index (κ3) is 2.02. The molecule has 2 aromatic rings. The molecule has 2 heteroatoms. The fraction of sp³-hybridized carbons (Fsp3) is 0.300. The summed E-state index contributed by atoms with van der Waals surface area (Å²) in [5.74, 6) is 0.331. The van der Waals surface area contributed by atoms with Crippen LogP contribution < -0.4 is 0 Å². The number of carbonyl (C=O) groups excluding carboxylic acids is 2. The Balaban J connectivity index is 2.18. The van der Waals surface area contributed by atoms with E-state index < -0.39 is 0 Å². The fourth-order valence-corrected chi connectivity index (χ4v) is 2.83. The Labute approximate surface area is 131 Å². The van der Waals surface area contributed by atoms with Gasteiger partial charge in [-0.3, -0.25) is 9.59 Å². The molecule has 0 saturated carbocycles. The molecule has 0 aliphatic heterocycles. The van der Waals surface area contributed by atoms with Crippen LogP contribution in [0.5, 0.6) is 0 Å². The molecule has 1 aliphatic rings. The maximum absolute atomic E-state index is 12.8. The lowest BCUT2D eigenvalue weighted by Crippen LogP contribution is -2.27. The van der Waals surface area contributed by atoms with Crippen molar-refractivity contribution in [1.29, 1.82) is 0 Å². The van der Waals surface area contributed by atoms with Crippen LogP contribution >= 0.6 is 0 Å². The van der Waals surface area contributed by atoms with Crippen LogP contribution in [-0.4, -0.2) is 11.6 Å². The summed E-state index contributed by atoms with van der Waals surface area (Å²) in [6, 6.07) is 12.8. The molecule has 22 heavy (non-hydrogen) atoms. The van der Waals surface area contributed by atoms with E-state index in [0.717, 1.165) is 5.56 Å². The van der Waals surface area contributed by atoms with Gasteiger partial charge in [0.2, 0.25) is 0 Å². The van der Waals surface area contributed by atoms with Gasteiger partial charge in [0.25, 0.3) is 0 Å². The van der Waals surface area contributed by atoms with E-state index in [0.29, 0.717) is 28.2 Å². The van der Waals surface area contributed by atoms with E-state index in [-0.39, 0.29) is 17.0 Å². The van der Waals surface area contributed by atoms with Gasteiger partial charge in [-0.15, -0.1) is 0 Å². The Bertz CT molecular complexity index is 782. The first-order chi connectivity index (χ1) is 10.3. The molecule has 0 saturated heterocycles. The third-order valence-electron chi connectivity index (χ3n) is 5.11. The van der Waals surface area contributed by atoms with E-state index in [1.165, 1.54) is 0 Å². The van der Waals surface area contributed by atoms with Crippen LogP contribution in [0.3, 0.4) is 0 Å². The SMILES string of the molecule is CC(C)C(C)(C)c1ccc2c(c1)C(=O)c1ccccc1C2=O. The number of carbonyl (C=O) groups is 2. The zero-order chi connectivity index (χ0) is 16.1. The Morgan fingerprint density at radius 1 is 0.773 bits per heavy atom. The van der Waals surface area contributed by atoms with Crippen molar-refractivity contribution >= 4 is 11.6 Å². The number of fused-ring (bicyclic) bond motifs is 2. The van der Waals surface area contributed by atoms with Crippen LogP contribution in [0.1, 0.15) is 65.1 Å².